The van der Waals surface area contributed by atoms with Crippen LogP contribution in [0.4, 0.5) is 11.4 Å². The minimum Gasteiger partial charge on any atom is -0.367 e. The Morgan fingerprint density at radius 1 is 1.38 bits per heavy atom. The molecule has 1 atom stereocenters. The zero-order valence-corrected chi connectivity index (χ0v) is 12.7. The lowest BCUT2D eigenvalue weighted by atomic mass is 10.0. The fourth-order valence-corrected chi connectivity index (χ4v) is 2.74. The molecule has 0 spiro atoms. The molecule has 1 N–H and O–H groups in total. The molecule has 1 fully saturated rings. The quantitative estimate of drug-likeness (QED) is 0.855. The number of rotatable bonds is 3. The van der Waals surface area contributed by atoms with Crippen LogP contribution < -0.4 is 10.2 Å². The van der Waals surface area contributed by atoms with Gasteiger partial charge in [0.2, 0.25) is 0 Å². The Morgan fingerprint density at radius 2 is 2.14 bits per heavy atom. The van der Waals surface area contributed by atoms with Gasteiger partial charge in [0.05, 0.1) is 11.4 Å². The van der Waals surface area contributed by atoms with E-state index in [0.29, 0.717) is 11.1 Å². The zero-order valence-electron chi connectivity index (χ0n) is 11.9. The van der Waals surface area contributed by atoms with Crippen LogP contribution in [0.15, 0.2) is 30.0 Å². The van der Waals surface area contributed by atoms with E-state index in [1.165, 1.54) is 25.5 Å². The van der Waals surface area contributed by atoms with Gasteiger partial charge in [0.1, 0.15) is 17.7 Å². The highest BCUT2D eigenvalue weighted by atomic mass is 35.5. The summed E-state index contributed by atoms with van der Waals surface area (Å²) in [7, 11) is 0. The van der Waals surface area contributed by atoms with Gasteiger partial charge in [0, 0.05) is 23.8 Å². The molecule has 0 amide bonds. The van der Waals surface area contributed by atoms with Crippen LogP contribution in [0.5, 0.6) is 0 Å². The molecule has 1 unspecified atom stereocenters. The van der Waals surface area contributed by atoms with Crippen LogP contribution in [0, 0.1) is 22.7 Å². The van der Waals surface area contributed by atoms with Gasteiger partial charge in [-0.15, -0.1) is 0 Å². The summed E-state index contributed by atoms with van der Waals surface area (Å²) in [5.74, 6) is 0. The molecule has 2 rings (SSSR count). The van der Waals surface area contributed by atoms with E-state index in [1.807, 2.05) is 30.3 Å². The second-order valence-corrected chi connectivity index (χ2v) is 5.56. The first-order chi connectivity index (χ1) is 10.2. The fourth-order valence-electron chi connectivity index (χ4n) is 2.57. The van der Waals surface area contributed by atoms with Crippen LogP contribution in [0.2, 0.25) is 5.02 Å². The van der Waals surface area contributed by atoms with E-state index in [9.17, 15) is 0 Å². The monoisotopic (exact) mass is 300 g/mol. The maximum atomic E-state index is 8.80. The first-order valence-electron chi connectivity index (χ1n) is 6.99. The number of nitrogens with one attached hydrogen (secondary N) is 1. The lowest BCUT2D eigenvalue weighted by Crippen LogP contribution is -2.37. The van der Waals surface area contributed by atoms with Crippen molar-refractivity contribution in [3.05, 3.63) is 35.0 Å². The molecule has 0 saturated carbocycles. The predicted octanol–water partition coefficient (Wildman–Crippen LogP) is 4.06. The van der Waals surface area contributed by atoms with E-state index < -0.39 is 0 Å². The molecule has 1 saturated heterocycles. The summed E-state index contributed by atoms with van der Waals surface area (Å²) >= 11 is 6.07. The van der Waals surface area contributed by atoms with Gasteiger partial charge in [-0.3, -0.25) is 0 Å². The van der Waals surface area contributed by atoms with Crippen molar-refractivity contribution in [1.82, 2.24) is 0 Å². The number of allylic oxidation sites excluding steroid dienone is 1. The Labute approximate surface area is 130 Å². The summed E-state index contributed by atoms with van der Waals surface area (Å²) in [5, 5.41) is 21.3. The Morgan fingerprint density at radius 3 is 2.81 bits per heavy atom. The summed E-state index contributed by atoms with van der Waals surface area (Å²) in [6, 6.07) is 9.81. The minimum absolute atomic E-state index is 0.0348. The van der Waals surface area contributed by atoms with Crippen molar-refractivity contribution in [2.24, 2.45) is 0 Å². The van der Waals surface area contributed by atoms with Crippen LogP contribution in [0.3, 0.4) is 0 Å². The third kappa shape index (κ3) is 3.68. The highest BCUT2D eigenvalue weighted by Gasteiger charge is 2.20. The molecule has 1 aromatic rings. The summed E-state index contributed by atoms with van der Waals surface area (Å²) in [5.41, 5.74) is 1.91. The van der Waals surface area contributed by atoms with E-state index in [1.54, 1.807) is 0 Å². The number of nitrogens with zero attached hydrogens (tertiary/aromatic N) is 3. The number of benzene rings is 1. The summed E-state index contributed by atoms with van der Waals surface area (Å²) in [6.45, 7) is 3.22. The van der Waals surface area contributed by atoms with Crippen LogP contribution in [0.25, 0.3) is 0 Å². The van der Waals surface area contributed by atoms with Gasteiger partial charge in [0.15, 0.2) is 0 Å². The van der Waals surface area contributed by atoms with Crippen molar-refractivity contribution < 1.29 is 0 Å². The van der Waals surface area contributed by atoms with Crippen LogP contribution in [-0.4, -0.2) is 12.6 Å². The lowest BCUT2D eigenvalue weighted by Gasteiger charge is -2.36. The third-order valence-corrected chi connectivity index (χ3v) is 3.92. The summed E-state index contributed by atoms with van der Waals surface area (Å²) in [6.07, 6.45) is 5.01. The van der Waals surface area contributed by atoms with Gasteiger partial charge in [0.25, 0.3) is 0 Å². The maximum absolute atomic E-state index is 8.80. The Bertz CT molecular complexity index is 608. The van der Waals surface area contributed by atoms with Crippen molar-refractivity contribution in [2.45, 2.75) is 32.2 Å². The third-order valence-electron chi connectivity index (χ3n) is 3.68. The molecule has 1 aliphatic rings. The predicted molar refractivity (Wildman–Crippen MR) is 85.0 cm³/mol. The van der Waals surface area contributed by atoms with E-state index >= 15 is 0 Å². The highest BCUT2D eigenvalue weighted by Crippen LogP contribution is 2.33. The topological polar surface area (TPSA) is 62.9 Å². The molecule has 1 aliphatic heterocycles. The first kappa shape index (κ1) is 15.2. The maximum Gasteiger partial charge on any atom is 0.145 e. The molecule has 0 aromatic heterocycles. The van der Waals surface area contributed by atoms with Crippen LogP contribution in [0.1, 0.15) is 26.2 Å². The van der Waals surface area contributed by atoms with Gasteiger partial charge in [-0.25, -0.2) is 0 Å². The molecule has 5 heteroatoms. The van der Waals surface area contributed by atoms with Crippen molar-refractivity contribution >= 4 is 23.0 Å². The Kier molecular flexibility index (Phi) is 5.09. The van der Waals surface area contributed by atoms with E-state index in [0.717, 1.165) is 17.9 Å². The minimum atomic E-state index is 0.0348. The van der Waals surface area contributed by atoms with Gasteiger partial charge in [-0.05, 0) is 44.4 Å². The number of nitriles is 2. The molecule has 0 radical (unpaired) electrons. The van der Waals surface area contributed by atoms with E-state index in [4.69, 9.17) is 22.1 Å². The second kappa shape index (κ2) is 7.02. The largest absolute Gasteiger partial charge is 0.367 e. The second-order valence-electron chi connectivity index (χ2n) is 5.13. The van der Waals surface area contributed by atoms with E-state index in [-0.39, 0.29) is 5.57 Å². The number of anilines is 2. The fraction of sp³-hybridized carbons (Fsp3) is 0.375. The van der Waals surface area contributed by atoms with Gasteiger partial charge >= 0.3 is 0 Å². The average Bonchev–Trinajstić information content (AvgIpc) is 2.49. The molecule has 21 heavy (non-hydrogen) atoms. The Balaban J connectivity index is 2.32. The van der Waals surface area contributed by atoms with Crippen molar-refractivity contribution in [3.8, 4) is 12.1 Å². The van der Waals surface area contributed by atoms with Gasteiger partial charge in [-0.2, -0.15) is 10.5 Å². The van der Waals surface area contributed by atoms with Crippen LogP contribution >= 0.6 is 11.6 Å². The molecular weight excluding hydrogens is 284 g/mol. The summed E-state index contributed by atoms with van der Waals surface area (Å²) in [4.78, 5) is 2.34. The van der Waals surface area contributed by atoms with Crippen molar-refractivity contribution in [2.75, 3.05) is 16.8 Å². The molecule has 108 valence electrons. The van der Waals surface area contributed by atoms with Crippen LogP contribution in [-0.2, 0) is 0 Å². The number of hydrogen-bond donors (Lipinski definition) is 1. The normalized spacial score (nSPS) is 17.5. The van der Waals surface area contributed by atoms with Gasteiger partial charge < -0.3 is 10.2 Å². The molecular formula is C16H17ClN4. The SMILES string of the molecule is CC1CCCCN1c1ccc(Cl)cc1NC=C(C#N)C#N. The molecule has 1 heterocycles. The molecule has 4 nitrogen and oxygen atoms in total. The smallest absolute Gasteiger partial charge is 0.145 e. The van der Waals surface area contributed by atoms with Crippen molar-refractivity contribution in [1.29, 1.82) is 10.5 Å². The number of piperidine rings is 1. The Hall–Kier alpha value is -2.17. The van der Waals surface area contributed by atoms with Crippen molar-refractivity contribution in [3.63, 3.8) is 0 Å². The molecule has 0 bridgehead atoms. The van der Waals surface area contributed by atoms with E-state index in [2.05, 4.69) is 17.1 Å². The highest BCUT2D eigenvalue weighted by molar-refractivity contribution is 6.31. The number of halogens is 1. The zero-order chi connectivity index (χ0) is 15.2. The first-order valence-corrected chi connectivity index (χ1v) is 7.36. The average molecular weight is 301 g/mol. The lowest BCUT2D eigenvalue weighted by molar-refractivity contribution is 0.485. The molecule has 1 aromatic carbocycles. The van der Waals surface area contributed by atoms with Gasteiger partial charge in [-0.1, -0.05) is 11.6 Å². The number of hydrogen-bond acceptors (Lipinski definition) is 4. The summed E-state index contributed by atoms with van der Waals surface area (Å²) < 4.78 is 0. The standard InChI is InChI=1S/C16H17ClN4/c1-12-4-2-3-7-21(12)16-6-5-14(17)8-15(16)20-11-13(9-18)10-19/h5-6,8,11-12,20H,2-4,7H2,1H3. The molecule has 0 aliphatic carbocycles.